The van der Waals surface area contributed by atoms with Crippen LogP contribution in [0.15, 0.2) is 6.07 Å². The number of nitrogens with one attached hydrogen (secondary N) is 3. The van der Waals surface area contributed by atoms with Crippen molar-refractivity contribution in [3.8, 4) is 11.9 Å². The molecule has 0 spiro atoms. The van der Waals surface area contributed by atoms with E-state index in [9.17, 15) is 9.59 Å². The maximum atomic E-state index is 12.1. The number of nitrogens with zero attached hydrogens (tertiary/aromatic N) is 2. The molecule has 2 rings (SSSR count). The van der Waals surface area contributed by atoms with E-state index < -0.39 is 5.91 Å². The van der Waals surface area contributed by atoms with E-state index in [0.29, 0.717) is 0 Å². The van der Waals surface area contributed by atoms with E-state index in [2.05, 4.69) is 20.9 Å². The summed E-state index contributed by atoms with van der Waals surface area (Å²) in [5.41, 5.74) is 6.12. The highest BCUT2D eigenvalue weighted by atomic mass is 16.5. The molecule has 0 atom stereocenters. The minimum atomic E-state index is -0.431. The first-order valence-electron chi connectivity index (χ1n) is 8.56. The quantitative estimate of drug-likeness (QED) is 0.574. The molecule has 0 aliphatic carbocycles. The zero-order valence-corrected chi connectivity index (χ0v) is 15.0. The van der Waals surface area contributed by atoms with Gasteiger partial charge in [0.15, 0.2) is 0 Å². The van der Waals surface area contributed by atoms with Gasteiger partial charge in [-0.25, -0.2) is 0 Å². The highest BCUT2D eigenvalue weighted by molar-refractivity contribution is 5.94. The van der Waals surface area contributed by atoms with Crippen molar-refractivity contribution in [3.05, 3.63) is 11.6 Å². The molecule has 1 aromatic rings. The minimum absolute atomic E-state index is 0.0662. The van der Waals surface area contributed by atoms with Crippen LogP contribution in [0.2, 0.25) is 0 Å². The second-order valence-electron chi connectivity index (χ2n) is 6.35. The Morgan fingerprint density at radius 3 is 2.77 bits per heavy atom. The molecule has 26 heavy (non-hydrogen) atoms. The largest absolute Gasteiger partial charge is 0.474 e. The van der Waals surface area contributed by atoms with Crippen molar-refractivity contribution in [2.24, 2.45) is 5.92 Å². The van der Waals surface area contributed by atoms with Crippen molar-refractivity contribution in [1.29, 1.82) is 5.26 Å². The molecule has 1 fully saturated rings. The summed E-state index contributed by atoms with van der Waals surface area (Å²) in [7, 11) is 0. The molecule has 9 heteroatoms. The second-order valence-corrected chi connectivity index (χ2v) is 6.35. The van der Waals surface area contributed by atoms with Crippen molar-refractivity contribution in [2.45, 2.75) is 32.8 Å². The first kappa shape index (κ1) is 19.5. The number of aromatic nitrogens is 1. The normalized spacial score (nSPS) is 14.5. The number of carbonyl (C=O) groups is 2. The van der Waals surface area contributed by atoms with Crippen LogP contribution < -0.4 is 26.4 Å². The lowest BCUT2D eigenvalue weighted by Crippen LogP contribution is -2.41. The molecule has 2 amide bonds. The molecule has 5 N–H and O–H groups in total. The average molecular weight is 360 g/mol. The first-order chi connectivity index (χ1) is 12.4. The van der Waals surface area contributed by atoms with Crippen LogP contribution in [-0.2, 0) is 9.59 Å². The van der Waals surface area contributed by atoms with Gasteiger partial charge in [-0.1, -0.05) is 0 Å². The summed E-state index contributed by atoms with van der Waals surface area (Å²) in [6.07, 6.45) is 1.32. The molecule has 1 aliphatic heterocycles. The molecule has 0 saturated carbocycles. The zero-order valence-electron chi connectivity index (χ0n) is 15.0. The fraction of sp³-hybridized carbons (Fsp3) is 0.529. The lowest BCUT2D eigenvalue weighted by molar-refractivity contribution is -0.127. The molecular weight excluding hydrogens is 336 g/mol. The predicted octanol–water partition coefficient (Wildman–Crippen LogP) is 0.377. The van der Waals surface area contributed by atoms with E-state index in [0.717, 1.165) is 25.9 Å². The van der Waals surface area contributed by atoms with Crippen LogP contribution in [0.1, 0.15) is 32.3 Å². The maximum Gasteiger partial charge on any atom is 0.244 e. The monoisotopic (exact) mass is 360 g/mol. The van der Waals surface area contributed by atoms with Crippen molar-refractivity contribution >= 4 is 23.3 Å². The van der Waals surface area contributed by atoms with E-state index in [1.807, 2.05) is 6.07 Å². The van der Waals surface area contributed by atoms with Crippen molar-refractivity contribution in [2.75, 3.05) is 30.7 Å². The molecule has 1 saturated heterocycles. The number of nitriles is 1. The van der Waals surface area contributed by atoms with E-state index in [-0.39, 0.29) is 47.4 Å². The molecule has 0 radical (unpaired) electrons. The van der Waals surface area contributed by atoms with E-state index in [1.54, 1.807) is 13.8 Å². The summed E-state index contributed by atoms with van der Waals surface area (Å²) < 4.78 is 5.48. The number of amides is 2. The first-order valence-corrected chi connectivity index (χ1v) is 8.56. The van der Waals surface area contributed by atoms with Crippen LogP contribution in [0, 0.1) is 17.2 Å². The predicted molar refractivity (Wildman–Crippen MR) is 96.4 cm³/mol. The van der Waals surface area contributed by atoms with E-state index in [4.69, 9.17) is 15.7 Å². The highest BCUT2D eigenvalue weighted by Gasteiger charge is 2.21. The van der Waals surface area contributed by atoms with E-state index in [1.165, 1.54) is 6.07 Å². The molecule has 0 bridgehead atoms. The number of carbonyl (C=O) groups excluding carboxylic acids is 2. The fourth-order valence-electron chi connectivity index (χ4n) is 2.61. The number of rotatable bonds is 6. The maximum absolute atomic E-state index is 12.1. The number of hydrogen-bond acceptors (Lipinski definition) is 7. The molecule has 140 valence electrons. The van der Waals surface area contributed by atoms with Gasteiger partial charge in [-0.05, 0) is 39.8 Å². The third kappa shape index (κ3) is 5.32. The molecule has 0 aromatic carbocycles. The van der Waals surface area contributed by atoms with Gasteiger partial charge in [0, 0.05) is 12.0 Å². The SMILES string of the molecule is CC(C)Oc1nc(NC(=O)CNC(=O)C2CCNCC2)cc(N)c1C#N. The summed E-state index contributed by atoms with van der Waals surface area (Å²) in [5, 5.41) is 17.5. The number of nitrogens with two attached hydrogens (primary N) is 1. The lowest BCUT2D eigenvalue weighted by atomic mass is 9.97. The van der Waals surface area contributed by atoms with E-state index >= 15 is 0 Å². The van der Waals surface area contributed by atoms with Gasteiger partial charge in [-0.2, -0.15) is 10.2 Å². The van der Waals surface area contributed by atoms with Gasteiger partial charge in [-0.15, -0.1) is 0 Å². The fourth-order valence-corrected chi connectivity index (χ4v) is 2.61. The lowest BCUT2D eigenvalue weighted by Gasteiger charge is -2.21. The molecule has 2 heterocycles. The Labute approximate surface area is 152 Å². The second kappa shape index (κ2) is 9.01. The zero-order chi connectivity index (χ0) is 19.1. The molecule has 1 aliphatic rings. The van der Waals surface area contributed by atoms with Crippen molar-refractivity contribution in [3.63, 3.8) is 0 Å². The van der Waals surface area contributed by atoms with Gasteiger partial charge in [-0.3, -0.25) is 9.59 Å². The Morgan fingerprint density at radius 2 is 2.15 bits per heavy atom. The Kier molecular flexibility index (Phi) is 6.74. The smallest absolute Gasteiger partial charge is 0.244 e. The average Bonchev–Trinajstić information content (AvgIpc) is 2.60. The Morgan fingerprint density at radius 1 is 1.46 bits per heavy atom. The van der Waals surface area contributed by atoms with Crippen LogP contribution in [-0.4, -0.2) is 42.5 Å². The summed E-state index contributed by atoms with van der Waals surface area (Å²) >= 11 is 0. The Hall–Kier alpha value is -2.86. The third-order valence-corrected chi connectivity index (χ3v) is 3.88. The van der Waals surface area contributed by atoms with Gasteiger partial charge in [0.2, 0.25) is 17.7 Å². The summed E-state index contributed by atoms with van der Waals surface area (Å²) in [5.74, 6) is -0.397. The molecular formula is C17H24N6O3. The van der Waals surface area contributed by atoms with Crippen molar-refractivity contribution < 1.29 is 14.3 Å². The topological polar surface area (TPSA) is 142 Å². The molecule has 9 nitrogen and oxygen atoms in total. The van der Waals surface area contributed by atoms with Crippen LogP contribution in [0.25, 0.3) is 0 Å². The van der Waals surface area contributed by atoms with Crippen LogP contribution in [0.4, 0.5) is 11.5 Å². The highest BCUT2D eigenvalue weighted by Crippen LogP contribution is 2.25. The number of piperidine rings is 1. The number of pyridine rings is 1. The van der Waals surface area contributed by atoms with Gasteiger partial charge in [0.25, 0.3) is 0 Å². The van der Waals surface area contributed by atoms with Crippen LogP contribution >= 0.6 is 0 Å². The number of anilines is 2. The number of nitrogen functional groups attached to an aromatic ring is 1. The van der Waals surface area contributed by atoms with Gasteiger partial charge in [0.05, 0.1) is 18.3 Å². The van der Waals surface area contributed by atoms with Crippen LogP contribution in [0.3, 0.4) is 0 Å². The Bertz CT molecular complexity index is 707. The number of ether oxygens (including phenoxy) is 1. The minimum Gasteiger partial charge on any atom is -0.474 e. The standard InChI is InChI=1S/C17H24N6O3/c1-10(2)26-17-12(8-18)13(19)7-14(23-17)22-15(24)9-21-16(25)11-3-5-20-6-4-11/h7,10-11,20H,3-6,9H2,1-2H3,(H,21,25)(H3,19,22,23,24). The van der Waals surface area contributed by atoms with Crippen LogP contribution in [0.5, 0.6) is 5.88 Å². The summed E-state index contributed by atoms with van der Waals surface area (Å²) in [6.45, 7) is 5.03. The summed E-state index contributed by atoms with van der Waals surface area (Å²) in [6, 6.07) is 3.33. The molecule has 0 unspecified atom stereocenters. The summed E-state index contributed by atoms with van der Waals surface area (Å²) in [4.78, 5) is 28.3. The number of hydrogen-bond donors (Lipinski definition) is 4. The van der Waals surface area contributed by atoms with Crippen molar-refractivity contribution in [1.82, 2.24) is 15.6 Å². The Balaban J connectivity index is 1.96. The van der Waals surface area contributed by atoms with Gasteiger partial charge < -0.3 is 26.4 Å². The molecule has 1 aromatic heterocycles. The third-order valence-electron chi connectivity index (χ3n) is 3.88. The van der Waals surface area contributed by atoms with Gasteiger partial charge >= 0.3 is 0 Å². The van der Waals surface area contributed by atoms with Gasteiger partial charge in [0.1, 0.15) is 17.5 Å².